The van der Waals surface area contributed by atoms with Crippen LogP contribution in [0.2, 0.25) is 0 Å². The Morgan fingerprint density at radius 1 is 1.18 bits per heavy atom. The van der Waals surface area contributed by atoms with Gasteiger partial charge in [-0.25, -0.2) is 14.7 Å². The number of pyridine rings is 1. The number of ether oxygens (including phenoxy) is 2. The van der Waals surface area contributed by atoms with E-state index in [0.29, 0.717) is 17.4 Å². The van der Waals surface area contributed by atoms with Crippen molar-refractivity contribution in [1.82, 2.24) is 9.97 Å². The van der Waals surface area contributed by atoms with E-state index in [1.165, 1.54) is 16.2 Å². The summed E-state index contributed by atoms with van der Waals surface area (Å²) in [6.07, 6.45) is 6.31. The van der Waals surface area contributed by atoms with Crippen molar-refractivity contribution in [2.45, 2.75) is 20.5 Å². The van der Waals surface area contributed by atoms with Crippen LogP contribution in [-0.4, -0.2) is 22.8 Å². The topological polar surface area (TPSA) is 64.5 Å². The Kier molecular flexibility index (Phi) is 6.89. The summed E-state index contributed by atoms with van der Waals surface area (Å²) < 4.78 is 11.1. The molecule has 0 saturated carbocycles. The lowest BCUT2D eigenvalue weighted by Crippen LogP contribution is -2.32. The predicted octanol–water partition coefficient (Wildman–Crippen LogP) is 5.25. The molecule has 7 heteroatoms. The maximum Gasteiger partial charge on any atom is 0.422 e. The number of amides is 1. The first-order valence-electron chi connectivity index (χ1n) is 8.77. The molecule has 144 valence electrons. The van der Waals surface area contributed by atoms with Gasteiger partial charge in [-0.2, -0.15) is 0 Å². The van der Waals surface area contributed by atoms with Crippen molar-refractivity contribution in [3.63, 3.8) is 0 Å². The third-order valence-corrected chi connectivity index (χ3v) is 4.94. The number of carbonyl (C=O) groups is 1. The van der Waals surface area contributed by atoms with E-state index in [-0.39, 0.29) is 6.73 Å². The van der Waals surface area contributed by atoms with E-state index >= 15 is 0 Å². The number of allylic oxidation sites excluding steroid dienone is 2. The van der Waals surface area contributed by atoms with Gasteiger partial charge in [-0.1, -0.05) is 41.7 Å². The van der Waals surface area contributed by atoms with Gasteiger partial charge in [0.15, 0.2) is 0 Å². The molecule has 0 atom stereocenters. The molecule has 0 N–H and O–H groups in total. The molecule has 1 aromatic carbocycles. The first-order valence-corrected chi connectivity index (χ1v) is 9.59. The Bertz CT molecular complexity index is 926. The molecule has 0 spiro atoms. The second kappa shape index (κ2) is 9.77. The molecule has 28 heavy (non-hydrogen) atoms. The quantitative estimate of drug-likeness (QED) is 0.404. The van der Waals surface area contributed by atoms with Crippen LogP contribution in [0.3, 0.4) is 0 Å². The highest BCUT2D eigenvalue weighted by molar-refractivity contribution is 7.19. The minimum atomic E-state index is -0.509. The first-order chi connectivity index (χ1) is 13.7. The minimum Gasteiger partial charge on any atom is -0.415 e. The van der Waals surface area contributed by atoms with Crippen LogP contribution in [0.25, 0.3) is 10.6 Å². The van der Waals surface area contributed by atoms with Crippen LogP contribution in [0, 0.1) is 0 Å². The molecule has 0 bridgehead atoms. The number of benzene rings is 1. The summed E-state index contributed by atoms with van der Waals surface area (Å²) in [6, 6.07) is 13.6. The molecular formula is C21H21N3O3S. The molecule has 0 aliphatic carbocycles. The fraction of sp³-hybridized carbons (Fsp3) is 0.190. The Morgan fingerprint density at radius 3 is 2.71 bits per heavy atom. The second-order valence-corrected chi connectivity index (χ2v) is 6.91. The van der Waals surface area contributed by atoms with Crippen molar-refractivity contribution in [2.24, 2.45) is 0 Å². The summed E-state index contributed by atoms with van der Waals surface area (Å²) in [5.41, 5.74) is 1.92. The third-order valence-electron chi connectivity index (χ3n) is 3.88. The highest BCUT2D eigenvalue weighted by Gasteiger charge is 2.21. The van der Waals surface area contributed by atoms with Gasteiger partial charge in [0.05, 0.1) is 12.8 Å². The molecule has 6 nitrogen and oxygen atoms in total. The van der Waals surface area contributed by atoms with Gasteiger partial charge in [0.1, 0.15) is 22.5 Å². The Morgan fingerprint density at radius 2 is 2.00 bits per heavy atom. The molecular weight excluding hydrogens is 374 g/mol. The van der Waals surface area contributed by atoms with E-state index in [4.69, 9.17) is 9.47 Å². The highest BCUT2D eigenvalue weighted by atomic mass is 32.1. The number of thiazole rings is 1. The smallest absolute Gasteiger partial charge is 0.415 e. The van der Waals surface area contributed by atoms with Gasteiger partial charge in [-0.15, -0.1) is 0 Å². The summed E-state index contributed by atoms with van der Waals surface area (Å²) in [5.74, 6) is 0.523. The van der Waals surface area contributed by atoms with Crippen LogP contribution in [-0.2, 0) is 16.1 Å². The molecule has 2 heterocycles. The van der Waals surface area contributed by atoms with Gasteiger partial charge in [0, 0.05) is 18.0 Å². The molecule has 0 saturated heterocycles. The normalized spacial score (nSPS) is 11.3. The summed E-state index contributed by atoms with van der Waals surface area (Å²) >= 11 is 1.38. The SMILES string of the molecule is C/C=C(\C)OC(=O)N(COCc1ccccc1)c1cnc(-c2cccnc2)s1. The highest BCUT2D eigenvalue weighted by Crippen LogP contribution is 2.31. The molecule has 0 unspecified atom stereocenters. The lowest BCUT2D eigenvalue weighted by Gasteiger charge is -2.20. The number of hydrogen-bond acceptors (Lipinski definition) is 6. The van der Waals surface area contributed by atoms with Gasteiger partial charge in [0.25, 0.3) is 0 Å². The predicted molar refractivity (Wildman–Crippen MR) is 110 cm³/mol. The number of nitrogens with zero attached hydrogens (tertiary/aromatic N) is 3. The van der Waals surface area contributed by atoms with Crippen LogP contribution in [0.5, 0.6) is 0 Å². The van der Waals surface area contributed by atoms with Crippen LogP contribution in [0.15, 0.2) is 72.9 Å². The van der Waals surface area contributed by atoms with Crippen molar-refractivity contribution >= 4 is 22.4 Å². The molecule has 2 aromatic heterocycles. The molecule has 3 rings (SSSR count). The standard InChI is InChI=1S/C21H21N3O3S/c1-3-16(2)27-21(25)24(15-26-14-17-8-5-4-6-9-17)19-13-23-20(28-19)18-10-7-11-22-12-18/h3-13H,14-15H2,1-2H3/b16-3+. The molecule has 0 aliphatic rings. The largest absolute Gasteiger partial charge is 0.422 e. The maximum atomic E-state index is 12.7. The fourth-order valence-corrected chi connectivity index (χ4v) is 3.19. The van der Waals surface area contributed by atoms with Crippen molar-refractivity contribution in [3.8, 4) is 10.6 Å². The van der Waals surface area contributed by atoms with Gasteiger partial charge in [0.2, 0.25) is 0 Å². The summed E-state index contributed by atoms with van der Waals surface area (Å²) in [5, 5.41) is 1.41. The Hall–Kier alpha value is -3.03. The number of anilines is 1. The van der Waals surface area contributed by atoms with E-state index in [1.807, 2.05) is 49.4 Å². The van der Waals surface area contributed by atoms with Crippen LogP contribution < -0.4 is 4.90 Å². The van der Waals surface area contributed by atoms with Crippen LogP contribution in [0.4, 0.5) is 9.80 Å². The zero-order chi connectivity index (χ0) is 19.8. The molecule has 3 aromatic rings. The lowest BCUT2D eigenvalue weighted by molar-refractivity contribution is 0.112. The Labute approximate surface area is 168 Å². The molecule has 0 radical (unpaired) electrons. The van der Waals surface area contributed by atoms with E-state index in [1.54, 1.807) is 31.6 Å². The zero-order valence-electron chi connectivity index (χ0n) is 15.7. The van der Waals surface area contributed by atoms with Gasteiger partial charge < -0.3 is 9.47 Å². The maximum absolute atomic E-state index is 12.7. The van der Waals surface area contributed by atoms with E-state index in [0.717, 1.165) is 16.1 Å². The van der Waals surface area contributed by atoms with Crippen molar-refractivity contribution in [1.29, 1.82) is 0 Å². The Balaban J connectivity index is 1.75. The fourth-order valence-electron chi connectivity index (χ4n) is 2.30. The molecule has 0 aliphatic heterocycles. The lowest BCUT2D eigenvalue weighted by atomic mass is 10.2. The average molecular weight is 395 g/mol. The first kappa shape index (κ1) is 19.7. The summed E-state index contributed by atoms with van der Waals surface area (Å²) in [7, 11) is 0. The monoisotopic (exact) mass is 395 g/mol. The molecule has 0 fully saturated rings. The van der Waals surface area contributed by atoms with Crippen molar-refractivity contribution in [2.75, 3.05) is 11.6 Å². The van der Waals surface area contributed by atoms with Crippen molar-refractivity contribution in [3.05, 3.63) is 78.5 Å². The zero-order valence-corrected chi connectivity index (χ0v) is 16.6. The summed E-state index contributed by atoms with van der Waals surface area (Å²) in [4.78, 5) is 22.6. The van der Waals surface area contributed by atoms with Crippen LogP contribution in [0.1, 0.15) is 19.4 Å². The number of rotatable bonds is 7. The van der Waals surface area contributed by atoms with Gasteiger partial charge in [-0.3, -0.25) is 4.98 Å². The van der Waals surface area contributed by atoms with Crippen molar-refractivity contribution < 1.29 is 14.3 Å². The minimum absolute atomic E-state index is 0.0550. The summed E-state index contributed by atoms with van der Waals surface area (Å²) in [6.45, 7) is 3.99. The van der Waals surface area contributed by atoms with E-state index in [9.17, 15) is 4.79 Å². The van der Waals surface area contributed by atoms with Gasteiger partial charge >= 0.3 is 6.09 Å². The average Bonchev–Trinajstić information content (AvgIpc) is 3.22. The number of carbonyl (C=O) groups excluding carboxylic acids is 1. The number of hydrogen-bond donors (Lipinski definition) is 0. The van der Waals surface area contributed by atoms with Crippen LogP contribution >= 0.6 is 11.3 Å². The third kappa shape index (κ3) is 5.25. The number of aromatic nitrogens is 2. The second-order valence-electron chi connectivity index (χ2n) is 5.90. The van der Waals surface area contributed by atoms with E-state index < -0.39 is 6.09 Å². The molecule has 1 amide bonds. The van der Waals surface area contributed by atoms with Gasteiger partial charge in [-0.05, 0) is 37.6 Å². The van der Waals surface area contributed by atoms with E-state index in [2.05, 4.69) is 9.97 Å².